The quantitative estimate of drug-likeness (QED) is 0.376. The predicted molar refractivity (Wildman–Crippen MR) is 123 cm³/mol. The number of benzene rings is 2. The van der Waals surface area contributed by atoms with Crippen LogP contribution >= 0.6 is 11.3 Å². The number of nitrogens with zero attached hydrogens (tertiary/aromatic N) is 5. The first-order chi connectivity index (χ1) is 15.6. The topological polar surface area (TPSA) is 63.9 Å². The number of anilines is 1. The molecule has 0 fully saturated rings. The van der Waals surface area contributed by atoms with Crippen molar-refractivity contribution in [2.45, 2.75) is 13.5 Å². The number of amides is 1. The second-order valence-electron chi connectivity index (χ2n) is 7.23. The average Bonchev–Trinajstić information content (AvgIpc) is 3.43. The van der Waals surface area contributed by atoms with Crippen molar-refractivity contribution in [3.8, 4) is 5.69 Å². The highest BCUT2D eigenvalue weighted by atomic mass is 32.1. The van der Waals surface area contributed by atoms with E-state index in [1.807, 2.05) is 49.4 Å². The number of aromatic nitrogens is 4. The number of carbonyl (C=O) groups is 1. The van der Waals surface area contributed by atoms with Crippen LogP contribution in [0.5, 0.6) is 0 Å². The molecule has 0 spiro atoms. The zero-order valence-corrected chi connectivity index (χ0v) is 18.0. The lowest BCUT2D eigenvalue weighted by Gasteiger charge is -2.19. The van der Waals surface area contributed by atoms with Gasteiger partial charge in [0.25, 0.3) is 5.91 Å². The number of thiazole rings is 1. The van der Waals surface area contributed by atoms with E-state index in [1.54, 1.807) is 40.3 Å². The summed E-state index contributed by atoms with van der Waals surface area (Å²) in [6.07, 6.45) is 4.94. The van der Waals surface area contributed by atoms with Gasteiger partial charge in [-0.2, -0.15) is 5.10 Å². The monoisotopic (exact) mass is 443 g/mol. The lowest BCUT2D eigenvalue weighted by Crippen LogP contribution is -2.30. The molecule has 6 nitrogen and oxygen atoms in total. The van der Waals surface area contributed by atoms with Crippen molar-refractivity contribution in [3.63, 3.8) is 0 Å². The van der Waals surface area contributed by atoms with Crippen LogP contribution in [0.2, 0.25) is 0 Å². The van der Waals surface area contributed by atoms with Crippen LogP contribution in [0.25, 0.3) is 15.9 Å². The van der Waals surface area contributed by atoms with Gasteiger partial charge in [-0.05, 0) is 42.8 Å². The summed E-state index contributed by atoms with van der Waals surface area (Å²) in [5.41, 5.74) is 3.13. The standard InChI is InChI=1S/C24H18FN5OS/c1-16-19(14-27-30(16)18-8-3-2-4-9-18)23(31)29(15-17-7-6-12-26-13-17)24-28-22-20(25)10-5-11-21(22)32-24/h2-14H,15H2,1H3. The molecule has 0 unspecified atom stereocenters. The van der Waals surface area contributed by atoms with E-state index in [-0.39, 0.29) is 18.0 Å². The Balaban J connectivity index is 1.58. The number of pyridine rings is 1. The number of halogens is 1. The third kappa shape index (κ3) is 3.65. The molecule has 0 radical (unpaired) electrons. The van der Waals surface area contributed by atoms with Gasteiger partial charge in [-0.25, -0.2) is 14.1 Å². The summed E-state index contributed by atoms with van der Waals surface area (Å²) >= 11 is 1.28. The molecule has 0 N–H and O–H groups in total. The van der Waals surface area contributed by atoms with Crippen LogP contribution < -0.4 is 4.90 Å². The van der Waals surface area contributed by atoms with Gasteiger partial charge >= 0.3 is 0 Å². The molecule has 8 heteroatoms. The van der Waals surface area contributed by atoms with Crippen LogP contribution in [0.3, 0.4) is 0 Å². The normalized spacial score (nSPS) is 11.1. The summed E-state index contributed by atoms with van der Waals surface area (Å²) in [7, 11) is 0. The van der Waals surface area contributed by atoms with Crippen LogP contribution in [0, 0.1) is 12.7 Å². The fourth-order valence-corrected chi connectivity index (χ4v) is 4.49. The van der Waals surface area contributed by atoms with Crippen molar-refractivity contribution in [2.24, 2.45) is 0 Å². The Bertz CT molecular complexity index is 1400. The van der Waals surface area contributed by atoms with Gasteiger partial charge in [-0.3, -0.25) is 14.7 Å². The highest BCUT2D eigenvalue weighted by Gasteiger charge is 2.26. The smallest absolute Gasteiger partial charge is 0.263 e. The molecule has 0 atom stereocenters. The summed E-state index contributed by atoms with van der Waals surface area (Å²) in [5.74, 6) is -0.667. The predicted octanol–water partition coefficient (Wildman–Crippen LogP) is 5.17. The second-order valence-corrected chi connectivity index (χ2v) is 8.24. The van der Waals surface area contributed by atoms with Gasteiger partial charge in [-0.1, -0.05) is 41.7 Å². The molecule has 0 aliphatic heterocycles. The van der Waals surface area contributed by atoms with Crippen LogP contribution in [0.4, 0.5) is 9.52 Å². The maximum absolute atomic E-state index is 14.3. The Morgan fingerprint density at radius 1 is 1.06 bits per heavy atom. The highest BCUT2D eigenvalue weighted by Crippen LogP contribution is 2.32. The number of fused-ring (bicyclic) bond motifs is 1. The molecule has 0 saturated carbocycles. The van der Waals surface area contributed by atoms with Crippen molar-refractivity contribution < 1.29 is 9.18 Å². The first-order valence-corrected chi connectivity index (χ1v) is 10.8. The minimum absolute atomic E-state index is 0.254. The summed E-state index contributed by atoms with van der Waals surface area (Å²) in [6.45, 7) is 2.11. The number of carbonyl (C=O) groups excluding carboxylic acids is 1. The van der Waals surface area contributed by atoms with Gasteiger partial charge in [-0.15, -0.1) is 0 Å². The van der Waals surface area contributed by atoms with Crippen molar-refractivity contribution in [1.82, 2.24) is 19.7 Å². The SMILES string of the molecule is Cc1c(C(=O)N(Cc2cccnc2)c2nc3c(F)cccc3s2)cnn1-c1ccccc1. The molecule has 0 saturated heterocycles. The Labute approximate surface area is 187 Å². The molecular weight excluding hydrogens is 425 g/mol. The van der Waals surface area contributed by atoms with Gasteiger partial charge in [0.2, 0.25) is 0 Å². The second kappa shape index (κ2) is 8.32. The Morgan fingerprint density at radius 2 is 1.91 bits per heavy atom. The highest BCUT2D eigenvalue weighted by molar-refractivity contribution is 7.22. The largest absolute Gasteiger partial charge is 0.279 e. The van der Waals surface area contributed by atoms with Crippen LogP contribution in [0.1, 0.15) is 21.6 Å². The fraction of sp³-hybridized carbons (Fsp3) is 0.0833. The van der Waals surface area contributed by atoms with E-state index in [9.17, 15) is 9.18 Å². The van der Waals surface area contributed by atoms with Crippen molar-refractivity contribution in [2.75, 3.05) is 4.90 Å². The molecule has 0 aliphatic carbocycles. The van der Waals surface area contributed by atoms with Crippen molar-refractivity contribution in [3.05, 3.63) is 102 Å². The van der Waals surface area contributed by atoms with Crippen molar-refractivity contribution >= 4 is 32.6 Å². The molecule has 2 aromatic carbocycles. The number of hydrogen-bond donors (Lipinski definition) is 0. The molecular formula is C24H18FN5OS. The minimum atomic E-state index is -0.410. The van der Waals surface area contributed by atoms with E-state index < -0.39 is 5.82 Å². The lowest BCUT2D eigenvalue weighted by atomic mass is 10.2. The number of rotatable bonds is 5. The summed E-state index contributed by atoms with van der Waals surface area (Å²) in [4.78, 5) is 23.9. The maximum atomic E-state index is 14.3. The number of para-hydroxylation sites is 2. The Hall–Kier alpha value is -3.91. The summed E-state index contributed by atoms with van der Waals surface area (Å²) in [6, 6.07) is 18.1. The Kier molecular flexibility index (Phi) is 5.20. The zero-order chi connectivity index (χ0) is 22.1. The molecule has 3 aromatic heterocycles. The molecule has 0 aliphatic rings. The first-order valence-electron chi connectivity index (χ1n) is 9.97. The van der Waals surface area contributed by atoms with Gasteiger partial charge in [0, 0.05) is 12.4 Å². The molecule has 5 aromatic rings. The van der Waals surface area contributed by atoms with E-state index in [0.29, 0.717) is 21.1 Å². The molecule has 3 heterocycles. The molecule has 1 amide bonds. The third-order valence-electron chi connectivity index (χ3n) is 5.14. The first kappa shape index (κ1) is 20.0. The van der Waals surface area contributed by atoms with E-state index >= 15 is 0 Å². The molecule has 5 rings (SSSR count). The summed E-state index contributed by atoms with van der Waals surface area (Å²) < 4.78 is 16.7. The average molecular weight is 444 g/mol. The minimum Gasteiger partial charge on any atom is -0.279 e. The van der Waals surface area contributed by atoms with Crippen molar-refractivity contribution in [1.29, 1.82) is 0 Å². The summed E-state index contributed by atoms with van der Waals surface area (Å²) in [5, 5.41) is 4.85. The zero-order valence-electron chi connectivity index (χ0n) is 17.1. The molecule has 0 bridgehead atoms. The third-order valence-corrected chi connectivity index (χ3v) is 6.18. The van der Waals surface area contributed by atoms with Gasteiger partial charge < -0.3 is 0 Å². The van der Waals surface area contributed by atoms with E-state index in [2.05, 4.69) is 15.1 Å². The van der Waals surface area contributed by atoms with Crippen LogP contribution in [0.15, 0.2) is 79.3 Å². The maximum Gasteiger partial charge on any atom is 0.263 e. The fourth-order valence-electron chi connectivity index (χ4n) is 3.51. The molecule has 32 heavy (non-hydrogen) atoms. The van der Waals surface area contributed by atoms with E-state index in [1.165, 1.54) is 17.4 Å². The number of hydrogen-bond acceptors (Lipinski definition) is 5. The molecule has 158 valence electrons. The lowest BCUT2D eigenvalue weighted by molar-refractivity contribution is 0.0984. The Morgan fingerprint density at radius 3 is 2.66 bits per heavy atom. The van der Waals surface area contributed by atoms with Crippen LogP contribution in [-0.4, -0.2) is 25.7 Å². The van der Waals surface area contributed by atoms with Crippen LogP contribution in [-0.2, 0) is 6.54 Å². The van der Waals surface area contributed by atoms with Gasteiger partial charge in [0.1, 0.15) is 11.3 Å². The van der Waals surface area contributed by atoms with Gasteiger partial charge in [0.15, 0.2) is 5.13 Å². The van der Waals surface area contributed by atoms with E-state index in [4.69, 9.17) is 0 Å². The van der Waals surface area contributed by atoms with Gasteiger partial charge in [0.05, 0.1) is 34.4 Å². The van der Waals surface area contributed by atoms with E-state index in [0.717, 1.165) is 11.3 Å².